The Kier molecular flexibility index (Phi) is 7.14. The summed E-state index contributed by atoms with van der Waals surface area (Å²) in [5.74, 6) is -0.891. The Morgan fingerprint density at radius 3 is 2.50 bits per heavy atom. The SMILES string of the molecule is O=C(NO)[C@H]1C[C@H](Oc2cccc(Cl)c2)CN[C@@H]1C(=O)N1CCN(c2ccccc2)CC1. The Morgan fingerprint density at radius 1 is 1.06 bits per heavy atom. The summed E-state index contributed by atoms with van der Waals surface area (Å²) < 4.78 is 5.96. The van der Waals surface area contributed by atoms with E-state index in [1.54, 1.807) is 34.6 Å². The molecule has 2 amide bonds. The quantitative estimate of drug-likeness (QED) is 0.468. The second-order valence-electron chi connectivity index (χ2n) is 8.05. The van der Waals surface area contributed by atoms with Crippen LogP contribution >= 0.6 is 11.6 Å². The van der Waals surface area contributed by atoms with Gasteiger partial charge < -0.3 is 19.9 Å². The molecule has 0 saturated carbocycles. The van der Waals surface area contributed by atoms with E-state index < -0.39 is 17.9 Å². The molecule has 2 fully saturated rings. The third kappa shape index (κ3) is 5.15. The number of nitrogens with one attached hydrogen (secondary N) is 2. The molecule has 2 aromatic rings. The molecule has 3 N–H and O–H groups in total. The van der Waals surface area contributed by atoms with Crippen molar-refractivity contribution in [3.8, 4) is 5.75 Å². The minimum atomic E-state index is -0.752. The maximum atomic E-state index is 13.3. The summed E-state index contributed by atoms with van der Waals surface area (Å²) in [5, 5.41) is 13.0. The molecule has 0 spiro atoms. The summed E-state index contributed by atoms with van der Waals surface area (Å²) in [4.78, 5) is 29.7. The molecule has 4 rings (SSSR count). The fraction of sp³-hybridized carbons (Fsp3) is 0.391. The minimum Gasteiger partial charge on any atom is -0.489 e. The number of hydroxylamine groups is 1. The zero-order valence-corrected chi connectivity index (χ0v) is 18.4. The number of para-hydroxylation sites is 1. The fourth-order valence-electron chi connectivity index (χ4n) is 4.35. The van der Waals surface area contributed by atoms with Gasteiger partial charge in [0.05, 0.1) is 12.0 Å². The van der Waals surface area contributed by atoms with Crippen molar-refractivity contribution in [1.29, 1.82) is 0 Å². The van der Waals surface area contributed by atoms with E-state index >= 15 is 0 Å². The van der Waals surface area contributed by atoms with Gasteiger partial charge in [0.1, 0.15) is 11.9 Å². The van der Waals surface area contributed by atoms with Crippen molar-refractivity contribution in [2.75, 3.05) is 37.6 Å². The number of piperazine rings is 1. The molecule has 2 heterocycles. The van der Waals surface area contributed by atoms with Gasteiger partial charge in [-0.1, -0.05) is 35.9 Å². The number of rotatable bonds is 5. The van der Waals surface area contributed by atoms with Gasteiger partial charge in [-0.3, -0.25) is 14.8 Å². The predicted octanol–water partition coefficient (Wildman–Crippen LogP) is 1.92. The smallest absolute Gasteiger partial charge is 0.248 e. The van der Waals surface area contributed by atoms with Crippen molar-refractivity contribution < 1.29 is 19.5 Å². The Morgan fingerprint density at radius 2 is 1.81 bits per heavy atom. The molecule has 0 radical (unpaired) electrons. The zero-order valence-electron chi connectivity index (χ0n) is 17.6. The van der Waals surface area contributed by atoms with Gasteiger partial charge in [0.2, 0.25) is 11.8 Å². The highest BCUT2D eigenvalue weighted by Crippen LogP contribution is 2.25. The van der Waals surface area contributed by atoms with E-state index in [0.29, 0.717) is 36.8 Å². The molecule has 0 aromatic heterocycles. The lowest BCUT2D eigenvalue weighted by Crippen LogP contribution is -2.62. The van der Waals surface area contributed by atoms with Crippen LogP contribution in [0.3, 0.4) is 0 Å². The van der Waals surface area contributed by atoms with Gasteiger partial charge >= 0.3 is 0 Å². The van der Waals surface area contributed by atoms with Gasteiger partial charge in [0.25, 0.3) is 0 Å². The first-order valence-corrected chi connectivity index (χ1v) is 11.1. The molecule has 2 saturated heterocycles. The zero-order chi connectivity index (χ0) is 22.5. The molecular weight excluding hydrogens is 432 g/mol. The van der Waals surface area contributed by atoms with Crippen LogP contribution < -0.4 is 20.4 Å². The van der Waals surface area contributed by atoms with Crippen molar-refractivity contribution in [2.24, 2.45) is 5.92 Å². The van der Waals surface area contributed by atoms with Crippen LogP contribution in [0.1, 0.15) is 6.42 Å². The lowest BCUT2D eigenvalue weighted by atomic mass is 9.87. The number of carbonyl (C=O) groups is 2. The van der Waals surface area contributed by atoms with Crippen LogP contribution in [0.25, 0.3) is 0 Å². The second kappa shape index (κ2) is 10.2. The van der Waals surface area contributed by atoms with Crippen molar-refractivity contribution in [3.05, 3.63) is 59.6 Å². The second-order valence-corrected chi connectivity index (χ2v) is 8.49. The highest BCUT2D eigenvalue weighted by molar-refractivity contribution is 6.30. The molecule has 8 nitrogen and oxygen atoms in total. The molecular formula is C23H27ClN4O4. The summed E-state index contributed by atoms with van der Waals surface area (Å²) in [6, 6.07) is 16.4. The van der Waals surface area contributed by atoms with E-state index in [2.05, 4.69) is 22.3 Å². The van der Waals surface area contributed by atoms with Gasteiger partial charge in [-0.2, -0.15) is 0 Å². The Balaban J connectivity index is 1.39. The van der Waals surface area contributed by atoms with Crippen LogP contribution in [0.4, 0.5) is 5.69 Å². The number of hydrogen-bond donors (Lipinski definition) is 3. The number of ether oxygens (including phenoxy) is 1. The number of nitrogens with zero attached hydrogens (tertiary/aromatic N) is 2. The number of halogens is 1. The van der Waals surface area contributed by atoms with Gasteiger partial charge in [-0.15, -0.1) is 0 Å². The average Bonchev–Trinajstić information content (AvgIpc) is 2.84. The van der Waals surface area contributed by atoms with Gasteiger partial charge in [-0.05, 0) is 36.8 Å². The van der Waals surface area contributed by atoms with E-state index in [4.69, 9.17) is 16.3 Å². The third-order valence-corrected chi connectivity index (χ3v) is 6.24. The molecule has 0 bridgehead atoms. The topological polar surface area (TPSA) is 94.1 Å². The van der Waals surface area contributed by atoms with E-state index in [9.17, 15) is 14.8 Å². The maximum Gasteiger partial charge on any atom is 0.248 e. The Labute approximate surface area is 192 Å². The Bertz CT molecular complexity index is 937. The highest BCUT2D eigenvalue weighted by Gasteiger charge is 2.42. The largest absolute Gasteiger partial charge is 0.489 e. The minimum absolute atomic E-state index is 0.132. The first-order valence-electron chi connectivity index (χ1n) is 10.7. The Hall–Kier alpha value is -2.81. The monoisotopic (exact) mass is 458 g/mol. The summed E-state index contributed by atoms with van der Waals surface area (Å²) in [5.41, 5.74) is 2.84. The van der Waals surface area contributed by atoms with Crippen LogP contribution in [0, 0.1) is 5.92 Å². The lowest BCUT2D eigenvalue weighted by molar-refractivity contribution is -0.145. The van der Waals surface area contributed by atoms with E-state index in [0.717, 1.165) is 18.8 Å². The normalized spacial score (nSPS) is 23.5. The van der Waals surface area contributed by atoms with Gasteiger partial charge in [0, 0.05) is 43.4 Å². The van der Waals surface area contributed by atoms with Crippen LogP contribution in [0.5, 0.6) is 5.75 Å². The average molecular weight is 459 g/mol. The van der Waals surface area contributed by atoms with Crippen LogP contribution in [0.2, 0.25) is 5.02 Å². The van der Waals surface area contributed by atoms with Gasteiger partial charge in [-0.25, -0.2) is 5.48 Å². The van der Waals surface area contributed by atoms with Crippen molar-refractivity contribution >= 4 is 29.1 Å². The maximum absolute atomic E-state index is 13.3. The number of benzene rings is 2. The predicted molar refractivity (Wildman–Crippen MR) is 121 cm³/mol. The van der Waals surface area contributed by atoms with E-state index in [1.165, 1.54) is 0 Å². The molecule has 2 aromatic carbocycles. The molecule has 170 valence electrons. The number of hydrogen-bond acceptors (Lipinski definition) is 6. The fourth-order valence-corrected chi connectivity index (χ4v) is 4.53. The summed E-state index contributed by atoms with van der Waals surface area (Å²) in [7, 11) is 0. The lowest BCUT2D eigenvalue weighted by Gasteiger charge is -2.41. The standard InChI is InChI=1S/C23H27ClN4O4/c24-16-5-4-8-18(13-16)32-19-14-20(22(29)26-31)21(25-15-19)23(30)28-11-9-27(10-12-28)17-6-2-1-3-7-17/h1-8,13,19-21,25,31H,9-12,14-15H2,(H,26,29)/t19-,20-,21-/m0/s1. The van der Waals surface area contributed by atoms with E-state index in [-0.39, 0.29) is 12.0 Å². The number of amides is 2. The third-order valence-electron chi connectivity index (χ3n) is 6.01. The van der Waals surface area contributed by atoms with Crippen molar-refractivity contribution in [3.63, 3.8) is 0 Å². The molecule has 2 aliphatic rings. The van der Waals surface area contributed by atoms with Crippen LogP contribution in [0.15, 0.2) is 54.6 Å². The van der Waals surface area contributed by atoms with Crippen LogP contribution in [-0.2, 0) is 9.59 Å². The number of piperidine rings is 1. The molecule has 3 atom stereocenters. The molecule has 9 heteroatoms. The first-order chi connectivity index (χ1) is 15.5. The molecule has 0 aliphatic carbocycles. The first kappa shape index (κ1) is 22.4. The molecule has 0 unspecified atom stereocenters. The van der Waals surface area contributed by atoms with Crippen LogP contribution in [-0.4, -0.2) is 66.8 Å². The summed E-state index contributed by atoms with van der Waals surface area (Å²) >= 11 is 6.02. The highest BCUT2D eigenvalue weighted by atomic mass is 35.5. The molecule has 32 heavy (non-hydrogen) atoms. The van der Waals surface area contributed by atoms with Crippen molar-refractivity contribution in [1.82, 2.24) is 15.7 Å². The summed E-state index contributed by atoms with van der Waals surface area (Å²) in [6.45, 7) is 2.99. The van der Waals surface area contributed by atoms with E-state index in [1.807, 2.05) is 18.2 Å². The van der Waals surface area contributed by atoms with Gasteiger partial charge in [0.15, 0.2) is 0 Å². The molecule has 2 aliphatic heterocycles. The number of anilines is 1. The summed E-state index contributed by atoms with van der Waals surface area (Å²) in [6.07, 6.45) is -0.0403. The van der Waals surface area contributed by atoms with Crippen molar-refractivity contribution in [2.45, 2.75) is 18.6 Å². The number of carbonyl (C=O) groups excluding carboxylic acids is 2.